The highest BCUT2D eigenvalue weighted by molar-refractivity contribution is 7.10. The molecule has 0 saturated carbocycles. The zero-order valence-electron chi connectivity index (χ0n) is 10.7. The van der Waals surface area contributed by atoms with Crippen LogP contribution in [-0.4, -0.2) is 0 Å². The highest BCUT2D eigenvalue weighted by Crippen LogP contribution is 2.23. The fraction of sp³-hybridized carbons (Fsp3) is 0.333. The van der Waals surface area contributed by atoms with Crippen molar-refractivity contribution < 1.29 is 0 Å². The molecule has 1 nitrogen and oxygen atoms in total. The largest absolute Gasteiger partial charge is 0.305 e. The van der Waals surface area contributed by atoms with E-state index in [-0.39, 0.29) is 0 Å². The van der Waals surface area contributed by atoms with Gasteiger partial charge in [0.1, 0.15) is 0 Å². The molecule has 0 aliphatic rings. The van der Waals surface area contributed by atoms with Crippen LogP contribution < -0.4 is 5.32 Å². The number of hydrogen-bond donors (Lipinski definition) is 1. The number of rotatable bonds is 4. The Labute approximate surface area is 108 Å². The summed E-state index contributed by atoms with van der Waals surface area (Å²) >= 11 is 1.83. The van der Waals surface area contributed by atoms with Gasteiger partial charge in [-0.15, -0.1) is 11.3 Å². The minimum atomic E-state index is 0.427. The number of aryl methyl sites for hydroxylation is 2. The Kier molecular flexibility index (Phi) is 3.97. The van der Waals surface area contributed by atoms with Crippen molar-refractivity contribution in [2.75, 3.05) is 0 Å². The maximum Gasteiger partial charge on any atom is 0.0391 e. The van der Waals surface area contributed by atoms with E-state index in [2.05, 4.69) is 61.8 Å². The van der Waals surface area contributed by atoms with Gasteiger partial charge in [0.15, 0.2) is 0 Å². The first kappa shape index (κ1) is 12.3. The minimum absolute atomic E-state index is 0.427. The smallest absolute Gasteiger partial charge is 0.0391 e. The van der Waals surface area contributed by atoms with Gasteiger partial charge in [-0.2, -0.15) is 0 Å². The van der Waals surface area contributed by atoms with Crippen LogP contribution in [0.3, 0.4) is 0 Å². The van der Waals surface area contributed by atoms with Crippen molar-refractivity contribution in [1.29, 1.82) is 0 Å². The van der Waals surface area contributed by atoms with E-state index >= 15 is 0 Å². The zero-order valence-corrected chi connectivity index (χ0v) is 11.5. The maximum absolute atomic E-state index is 3.57. The monoisotopic (exact) mass is 245 g/mol. The first-order valence-electron chi connectivity index (χ1n) is 6.00. The lowest BCUT2D eigenvalue weighted by atomic mass is 10.1. The van der Waals surface area contributed by atoms with Crippen molar-refractivity contribution in [3.8, 4) is 0 Å². The van der Waals surface area contributed by atoms with Crippen molar-refractivity contribution >= 4 is 11.3 Å². The Balaban J connectivity index is 1.94. The molecule has 0 aliphatic carbocycles. The van der Waals surface area contributed by atoms with E-state index in [1.165, 1.54) is 21.6 Å². The van der Waals surface area contributed by atoms with E-state index in [1.807, 2.05) is 11.3 Å². The Morgan fingerprint density at radius 1 is 1.12 bits per heavy atom. The van der Waals surface area contributed by atoms with E-state index < -0.39 is 0 Å². The molecule has 2 aromatic rings. The van der Waals surface area contributed by atoms with Gasteiger partial charge in [-0.1, -0.05) is 29.8 Å². The number of benzene rings is 1. The van der Waals surface area contributed by atoms with Gasteiger partial charge < -0.3 is 5.32 Å². The zero-order chi connectivity index (χ0) is 12.3. The van der Waals surface area contributed by atoms with Gasteiger partial charge in [0, 0.05) is 17.5 Å². The summed E-state index contributed by atoms with van der Waals surface area (Å²) in [5, 5.41) is 5.73. The summed E-state index contributed by atoms with van der Waals surface area (Å²) in [6, 6.07) is 11.3. The molecule has 1 aromatic heterocycles. The van der Waals surface area contributed by atoms with Crippen LogP contribution in [0.4, 0.5) is 0 Å². The van der Waals surface area contributed by atoms with Gasteiger partial charge >= 0.3 is 0 Å². The van der Waals surface area contributed by atoms with E-state index in [9.17, 15) is 0 Å². The van der Waals surface area contributed by atoms with Crippen molar-refractivity contribution in [3.63, 3.8) is 0 Å². The summed E-state index contributed by atoms with van der Waals surface area (Å²) in [4.78, 5) is 1.44. The SMILES string of the molecule is Cc1ccc(CNC(C)c2sccc2C)cc1. The van der Waals surface area contributed by atoms with Crippen molar-refractivity contribution in [2.45, 2.75) is 33.4 Å². The van der Waals surface area contributed by atoms with Crippen LogP contribution in [0.15, 0.2) is 35.7 Å². The van der Waals surface area contributed by atoms with E-state index in [0.29, 0.717) is 6.04 Å². The summed E-state index contributed by atoms with van der Waals surface area (Å²) in [6.45, 7) is 7.45. The molecule has 1 N–H and O–H groups in total. The maximum atomic E-state index is 3.57. The van der Waals surface area contributed by atoms with Gasteiger partial charge in [0.2, 0.25) is 0 Å². The molecule has 0 bridgehead atoms. The summed E-state index contributed by atoms with van der Waals surface area (Å²) < 4.78 is 0. The normalized spacial score (nSPS) is 12.6. The molecule has 0 radical (unpaired) electrons. The van der Waals surface area contributed by atoms with Crippen LogP contribution >= 0.6 is 11.3 Å². The molecule has 2 heteroatoms. The number of thiophene rings is 1. The third-order valence-corrected chi connectivity index (χ3v) is 4.23. The summed E-state index contributed by atoms with van der Waals surface area (Å²) in [7, 11) is 0. The molecule has 17 heavy (non-hydrogen) atoms. The van der Waals surface area contributed by atoms with Crippen LogP contribution in [0.2, 0.25) is 0 Å². The molecule has 1 heterocycles. The second kappa shape index (κ2) is 5.48. The highest BCUT2D eigenvalue weighted by atomic mass is 32.1. The van der Waals surface area contributed by atoms with Crippen LogP contribution in [-0.2, 0) is 6.54 Å². The summed E-state index contributed by atoms with van der Waals surface area (Å²) in [5.74, 6) is 0. The predicted octanol–water partition coefficient (Wildman–Crippen LogP) is 4.22. The molecule has 1 aromatic carbocycles. The van der Waals surface area contributed by atoms with Crippen LogP contribution in [0, 0.1) is 13.8 Å². The summed E-state index contributed by atoms with van der Waals surface area (Å²) in [5.41, 5.74) is 4.05. The van der Waals surface area contributed by atoms with Gasteiger partial charge in [-0.25, -0.2) is 0 Å². The lowest BCUT2D eigenvalue weighted by Gasteiger charge is -2.13. The van der Waals surface area contributed by atoms with E-state index in [4.69, 9.17) is 0 Å². The first-order valence-corrected chi connectivity index (χ1v) is 6.87. The Morgan fingerprint density at radius 2 is 1.82 bits per heavy atom. The fourth-order valence-corrected chi connectivity index (χ4v) is 2.86. The number of hydrogen-bond acceptors (Lipinski definition) is 2. The molecule has 90 valence electrons. The van der Waals surface area contributed by atoms with Gasteiger partial charge in [0.05, 0.1) is 0 Å². The molecule has 0 amide bonds. The second-order valence-corrected chi connectivity index (χ2v) is 5.50. The Morgan fingerprint density at radius 3 is 2.41 bits per heavy atom. The Bertz CT molecular complexity index is 470. The van der Waals surface area contributed by atoms with Crippen molar-refractivity contribution in [1.82, 2.24) is 5.32 Å². The standard InChI is InChI=1S/C15H19NS/c1-11-4-6-14(7-5-11)10-16-13(3)15-12(2)8-9-17-15/h4-9,13,16H,10H2,1-3H3. The second-order valence-electron chi connectivity index (χ2n) is 4.56. The molecule has 0 fully saturated rings. The third-order valence-electron chi connectivity index (χ3n) is 3.03. The van der Waals surface area contributed by atoms with E-state index in [1.54, 1.807) is 0 Å². The predicted molar refractivity (Wildman–Crippen MR) is 75.5 cm³/mol. The third kappa shape index (κ3) is 3.18. The fourth-order valence-electron chi connectivity index (χ4n) is 1.90. The summed E-state index contributed by atoms with van der Waals surface area (Å²) in [6.07, 6.45) is 0. The number of nitrogens with one attached hydrogen (secondary N) is 1. The van der Waals surface area contributed by atoms with E-state index in [0.717, 1.165) is 6.54 Å². The Hall–Kier alpha value is -1.12. The van der Waals surface area contributed by atoms with Gasteiger partial charge in [0.25, 0.3) is 0 Å². The first-order chi connectivity index (χ1) is 8.16. The average molecular weight is 245 g/mol. The lowest BCUT2D eigenvalue weighted by Crippen LogP contribution is -2.17. The quantitative estimate of drug-likeness (QED) is 0.850. The van der Waals surface area contributed by atoms with Crippen LogP contribution in [0.1, 0.15) is 34.5 Å². The van der Waals surface area contributed by atoms with Gasteiger partial charge in [-0.3, -0.25) is 0 Å². The lowest BCUT2D eigenvalue weighted by molar-refractivity contribution is 0.581. The van der Waals surface area contributed by atoms with Crippen molar-refractivity contribution in [2.24, 2.45) is 0 Å². The molecule has 0 spiro atoms. The average Bonchev–Trinajstić information content (AvgIpc) is 2.74. The molecule has 0 aliphatic heterocycles. The molecule has 1 atom stereocenters. The van der Waals surface area contributed by atoms with Gasteiger partial charge in [-0.05, 0) is 43.3 Å². The van der Waals surface area contributed by atoms with Crippen LogP contribution in [0.25, 0.3) is 0 Å². The molecule has 2 rings (SSSR count). The topological polar surface area (TPSA) is 12.0 Å². The molecule has 0 saturated heterocycles. The van der Waals surface area contributed by atoms with Crippen LogP contribution in [0.5, 0.6) is 0 Å². The molecular weight excluding hydrogens is 226 g/mol. The minimum Gasteiger partial charge on any atom is -0.305 e. The molecule has 1 unspecified atom stereocenters. The highest BCUT2D eigenvalue weighted by Gasteiger charge is 2.08. The van der Waals surface area contributed by atoms with Crippen molar-refractivity contribution in [3.05, 3.63) is 57.3 Å². The molecular formula is C15H19NS.